The summed E-state index contributed by atoms with van der Waals surface area (Å²) in [5.41, 5.74) is 0. The van der Waals surface area contributed by atoms with Gasteiger partial charge in [0.05, 0.1) is 13.7 Å². The normalized spacial score (nSPS) is 12.4. The molecule has 2 amide bonds. The van der Waals surface area contributed by atoms with E-state index >= 15 is 0 Å². The van der Waals surface area contributed by atoms with E-state index in [9.17, 15) is 24.3 Å². The number of aliphatic hydroxyl groups excluding tert-OH is 1. The molecular weight excluding hydrogens is 568 g/mol. The lowest BCUT2D eigenvalue weighted by atomic mass is 10.0. The van der Waals surface area contributed by atoms with Crippen LogP contribution >= 0.6 is 11.8 Å². The van der Waals surface area contributed by atoms with Crippen molar-refractivity contribution in [2.75, 3.05) is 31.8 Å². The van der Waals surface area contributed by atoms with Gasteiger partial charge in [0.1, 0.15) is 12.6 Å². The smallest absolute Gasteiger partial charge is 0.330 e. The van der Waals surface area contributed by atoms with Gasteiger partial charge in [0, 0.05) is 24.3 Å². The SMILES string of the molecule is CCCCCCCCCCCCCCCC(=O)OCCSC[C@H](NC(=O)CCCCCCC)C(=O)N[C@@H](CO)C(=O)OC. The van der Waals surface area contributed by atoms with E-state index in [4.69, 9.17) is 4.74 Å². The molecule has 43 heavy (non-hydrogen) atoms. The molecule has 3 N–H and O–H groups in total. The van der Waals surface area contributed by atoms with Crippen LogP contribution in [0.5, 0.6) is 0 Å². The van der Waals surface area contributed by atoms with E-state index in [0.29, 0.717) is 18.6 Å². The Kier molecular flexibility index (Phi) is 29.0. The van der Waals surface area contributed by atoms with Crippen LogP contribution < -0.4 is 10.6 Å². The Hall–Kier alpha value is -1.81. The monoisotopic (exact) mass is 630 g/mol. The lowest BCUT2D eigenvalue weighted by Crippen LogP contribution is -2.54. The maximum atomic E-state index is 12.8. The first-order chi connectivity index (χ1) is 20.9. The largest absolute Gasteiger partial charge is 0.467 e. The fourth-order valence-electron chi connectivity index (χ4n) is 4.71. The van der Waals surface area contributed by atoms with Crippen molar-refractivity contribution < 1.29 is 33.8 Å². The molecule has 0 unspecified atom stereocenters. The number of nitrogens with one attached hydrogen (secondary N) is 2. The van der Waals surface area contributed by atoms with E-state index in [1.54, 1.807) is 0 Å². The molecule has 0 aliphatic heterocycles. The third kappa shape index (κ3) is 25.2. The third-order valence-corrected chi connectivity index (χ3v) is 8.43. The minimum atomic E-state index is -1.21. The summed E-state index contributed by atoms with van der Waals surface area (Å²) in [6, 6.07) is -2.10. The molecule has 0 rings (SSSR count). The molecular formula is C33H62N2O7S. The molecule has 0 aromatic rings. The van der Waals surface area contributed by atoms with Crippen LogP contribution in [-0.2, 0) is 28.7 Å². The minimum Gasteiger partial charge on any atom is -0.467 e. The summed E-state index contributed by atoms with van der Waals surface area (Å²) in [5, 5.41) is 14.6. The first-order valence-electron chi connectivity index (χ1n) is 16.9. The predicted molar refractivity (Wildman–Crippen MR) is 175 cm³/mol. The molecule has 0 aliphatic carbocycles. The second-order valence-corrected chi connectivity index (χ2v) is 12.5. The van der Waals surface area contributed by atoms with Crippen LogP contribution in [0.15, 0.2) is 0 Å². The summed E-state index contributed by atoms with van der Waals surface area (Å²) in [5.74, 6) is -1.07. The highest BCUT2D eigenvalue weighted by molar-refractivity contribution is 7.99. The molecule has 2 atom stereocenters. The zero-order valence-electron chi connectivity index (χ0n) is 27.4. The lowest BCUT2D eigenvalue weighted by molar-refractivity contribution is -0.146. The van der Waals surface area contributed by atoms with Crippen molar-refractivity contribution in [2.45, 2.75) is 154 Å². The second kappa shape index (κ2) is 30.2. The topological polar surface area (TPSA) is 131 Å². The van der Waals surface area contributed by atoms with Crippen molar-refractivity contribution >= 4 is 35.5 Å². The molecule has 9 nitrogen and oxygen atoms in total. The van der Waals surface area contributed by atoms with Gasteiger partial charge in [-0.25, -0.2) is 4.79 Å². The number of hydrogen-bond donors (Lipinski definition) is 3. The molecule has 0 spiro atoms. The summed E-state index contributed by atoms with van der Waals surface area (Å²) >= 11 is 1.37. The molecule has 0 radical (unpaired) electrons. The van der Waals surface area contributed by atoms with E-state index in [0.717, 1.165) is 51.4 Å². The number of carbonyl (C=O) groups is 4. The van der Waals surface area contributed by atoms with E-state index in [2.05, 4.69) is 29.2 Å². The van der Waals surface area contributed by atoms with E-state index in [1.165, 1.54) is 83.1 Å². The molecule has 0 saturated heterocycles. The van der Waals surface area contributed by atoms with E-state index in [1.807, 2.05) is 0 Å². The van der Waals surface area contributed by atoms with Crippen LogP contribution in [-0.4, -0.2) is 72.8 Å². The number of methoxy groups -OCH3 is 1. The highest BCUT2D eigenvalue weighted by Crippen LogP contribution is 2.13. The van der Waals surface area contributed by atoms with Gasteiger partial charge >= 0.3 is 11.9 Å². The summed E-state index contributed by atoms with van der Waals surface area (Å²) in [4.78, 5) is 49.2. The number of aliphatic hydroxyl groups is 1. The molecule has 0 fully saturated rings. The van der Waals surface area contributed by atoms with Crippen molar-refractivity contribution in [3.05, 3.63) is 0 Å². The van der Waals surface area contributed by atoms with Crippen LogP contribution in [0, 0.1) is 0 Å². The molecule has 0 aliphatic rings. The Labute approximate surface area is 265 Å². The average Bonchev–Trinajstić information content (AvgIpc) is 3.00. The Balaban J connectivity index is 4.20. The number of carbonyl (C=O) groups excluding carboxylic acids is 4. The number of hydrogen-bond acceptors (Lipinski definition) is 8. The van der Waals surface area contributed by atoms with Crippen molar-refractivity contribution in [3.63, 3.8) is 0 Å². The molecule has 0 bridgehead atoms. The van der Waals surface area contributed by atoms with Crippen molar-refractivity contribution in [3.8, 4) is 0 Å². The Morgan fingerprint density at radius 1 is 0.674 bits per heavy atom. The Morgan fingerprint density at radius 2 is 1.16 bits per heavy atom. The first-order valence-corrected chi connectivity index (χ1v) is 18.1. The lowest BCUT2D eigenvalue weighted by Gasteiger charge is -2.21. The van der Waals surface area contributed by atoms with Gasteiger partial charge in [-0.2, -0.15) is 11.8 Å². The van der Waals surface area contributed by atoms with E-state index in [-0.39, 0.29) is 24.2 Å². The summed E-state index contributed by atoms with van der Waals surface area (Å²) in [6.45, 7) is 3.99. The van der Waals surface area contributed by atoms with Gasteiger partial charge in [-0.15, -0.1) is 0 Å². The highest BCUT2D eigenvalue weighted by Gasteiger charge is 2.26. The summed E-state index contributed by atoms with van der Waals surface area (Å²) in [7, 11) is 1.17. The van der Waals surface area contributed by atoms with Gasteiger partial charge in [0.15, 0.2) is 6.04 Å². The van der Waals surface area contributed by atoms with Crippen LogP contribution in [0.25, 0.3) is 0 Å². The number of amides is 2. The Bertz CT molecular complexity index is 723. The number of thioether (sulfide) groups is 1. The predicted octanol–water partition coefficient (Wildman–Crippen LogP) is 6.24. The average molecular weight is 631 g/mol. The van der Waals surface area contributed by atoms with Gasteiger partial charge in [0.25, 0.3) is 0 Å². The summed E-state index contributed by atoms with van der Waals surface area (Å²) < 4.78 is 9.95. The van der Waals surface area contributed by atoms with Crippen LogP contribution in [0.1, 0.15) is 142 Å². The molecule has 0 aromatic carbocycles. The Morgan fingerprint density at radius 3 is 1.65 bits per heavy atom. The zero-order valence-corrected chi connectivity index (χ0v) is 28.2. The van der Waals surface area contributed by atoms with Crippen molar-refractivity contribution in [2.24, 2.45) is 0 Å². The number of ether oxygens (including phenoxy) is 2. The quantitative estimate of drug-likeness (QED) is 0.0628. The first kappa shape index (κ1) is 41.2. The molecule has 0 heterocycles. The fraction of sp³-hybridized carbons (Fsp3) is 0.879. The van der Waals surface area contributed by atoms with E-state index < -0.39 is 30.6 Å². The molecule has 252 valence electrons. The second-order valence-electron chi connectivity index (χ2n) is 11.3. The number of esters is 2. The van der Waals surface area contributed by atoms with Gasteiger partial charge in [-0.05, 0) is 12.8 Å². The molecule has 0 aromatic heterocycles. The maximum absolute atomic E-state index is 12.8. The van der Waals surface area contributed by atoms with Crippen LogP contribution in [0.2, 0.25) is 0 Å². The fourth-order valence-corrected chi connectivity index (χ4v) is 5.55. The number of unbranched alkanes of at least 4 members (excludes halogenated alkanes) is 16. The van der Waals surface area contributed by atoms with Crippen molar-refractivity contribution in [1.29, 1.82) is 0 Å². The molecule has 10 heteroatoms. The number of rotatable bonds is 30. The third-order valence-electron chi connectivity index (χ3n) is 7.40. The van der Waals surface area contributed by atoms with Gasteiger partial charge in [0.2, 0.25) is 11.8 Å². The summed E-state index contributed by atoms with van der Waals surface area (Å²) in [6.07, 6.45) is 22.1. The standard InChI is InChI=1S/C33H62N2O7S/c1-4-6-8-10-11-12-13-14-15-16-17-19-21-23-31(38)42-24-25-43-27-29(32(39)35-28(26-36)33(40)41-3)34-30(37)22-20-18-9-7-5-2/h28-29,36H,4-27H2,1-3H3,(H,34,37)(H,35,39)/t28-,29-/m0/s1. The van der Waals surface area contributed by atoms with Crippen molar-refractivity contribution in [1.82, 2.24) is 10.6 Å². The van der Waals surface area contributed by atoms with Crippen LogP contribution in [0.3, 0.4) is 0 Å². The molecule has 0 saturated carbocycles. The van der Waals surface area contributed by atoms with Gasteiger partial charge in [-0.1, -0.05) is 117 Å². The van der Waals surface area contributed by atoms with Gasteiger partial charge in [-0.3, -0.25) is 14.4 Å². The van der Waals surface area contributed by atoms with Crippen LogP contribution in [0.4, 0.5) is 0 Å². The highest BCUT2D eigenvalue weighted by atomic mass is 32.2. The maximum Gasteiger partial charge on any atom is 0.330 e. The van der Waals surface area contributed by atoms with Gasteiger partial charge < -0.3 is 25.2 Å². The minimum absolute atomic E-state index is 0.210. The zero-order chi connectivity index (χ0) is 32.0.